The van der Waals surface area contributed by atoms with Crippen LogP contribution in [0.4, 0.5) is 5.69 Å². The highest BCUT2D eigenvalue weighted by molar-refractivity contribution is 5.88. The van der Waals surface area contributed by atoms with Crippen LogP contribution in [0, 0.1) is 16.0 Å². The minimum absolute atomic E-state index is 0.0990. The second kappa shape index (κ2) is 7.59. The maximum atomic E-state index is 11.3. The Bertz CT molecular complexity index is 740. The standard InChI is InChI=1S/C18H19NO5/c1-3-12(2)11-24-17-9-8-15(10-16(17)19(22)23)13-4-6-14(7-5-13)18(20)21/h4-10,12H,3,11H2,1-2H3,(H,20,21)/t12-/m0/s1. The van der Waals surface area contributed by atoms with Crippen LogP contribution < -0.4 is 4.74 Å². The lowest BCUT2D eigenvalue weighted by Crippen LogP contribution is -2.08. The molecule has 0 unspecified atom stereocenters. The van der Waals surface area contributed by atoms with Gasteiger partial charge in [-0.15, -0.1) is 0 Å². The molecule has 2 rings (SSSR count). The Morgan fingerprint density at radius 1 is 1.21 bits per heavy atom. The quantitative estimate of drug-likeness (QED) is 0.601. The van der Waals surface area contributed by atoms with Gasteiger partial charge in [0.25, 0.3) is 0 Å². The van der Waals surface area contributed by atoms with Gasteiger partial charge < -0.3 is 9.84 Å². The summed E-state index contributed by atoms with van der Waals surface area (Å²) in [5, 5.41) is 20.2. The minimum Gasteiger partial charge on any atom is -0.487 e. The normalized spacial score (nSPS) is 11.8. The lowest BCUT2D eigenvalue weighted by molar-refractivity contribution is -0.385. The van der Waals surface area contributed by atoms with Crippen LogP contribution in [0.3, 0.4) is 0 Å². The molecule has 0 aliphatic carbocycles. The number of hydrogen-bond donors (Lipinski definition) is 1. The van der Waals surface area contributed by atoms with Crippen LogP contribution in [0.15, 0.2) is 42.5 Å². The van der Waals surface area contributed by atoms with E-state index in [-0.39, 0.29) is 17.0 Å². The number of carboxylic acid groups (broad SMARTS) is 1. The Morgan fingerprint density at radius 2 is 1.83 bits per heavy atom. The summed E-state index contributed by atoms with van der Waals surface area (Å²) in [7, 11) is 0. The van der Waals surface area contributed by atoms with Crippen molar-refractivity contribution in [1.29, 1.82) is 0 Å². The third kappa shape index (κ3) is 4.10. The van der Waals surface area contributed by atoms with E-state index in [1.165, 1.54) is 18.2 Å². The molecule has 0 aliphatic heterocycles. The third-order valence-corrected chi connectivity index (χ3v) is 3.84. The highest BCUT2D eigenvalue weighted by Crippen LogP contribution is 2.32. The smallest absolute Gasteiger partial charge is 0.335 e. The zero-order chi connectivity index (χ0) is 17.7. The zero-order valence-corrected chi connectivity index (χ0v) is 13.6. The van der Waals surface area contributed by atoms with E-state index in [9.17, 15) is 14.9 Å². The average Bonchev–Trinajstić information content (AvgIpc) is 2.59. The van der Waals surface area contributed by atoms with Crippen LogP contribution in [0.25, 0.3) is 11.1 Å². The molecule has 24 heavy (non-hydrogen) atoms. The maximum Gasteiger partial charge on any atom is 0.335 e. The second-order valence-corrected chi connectivity index (χ2v) is 5.65. The van der Waals surface area contributed by atoms with Gasteiger partial charge in [-0.25, -0.2) is 4.79 Å². The van der Waals surface area contributed by atoms with Crippen LogP contribution in [-0.2, 0) is 0 Å². The van der Waals surface area contributed by atoms with Crippen molar-refractivity contribution in [3.8, 4) is 16.9 Å². The highest BCUT2D eigenvalue weighted by Gasteiger charge is 2.17. The predicted molar refractivity (Wildman–Crippen MR) is 90.4 cm³/mol. The van der Waals surface area contributed by atoms with E-state index in [0.717, 1.165) is 6.42 Å². The number of carboxylic acids is 1. The summed E-state index contributed by atoms with van der Waals surface area (Å²) in [4.78, 5) is 21.7. The minimum atomic E-state index is -1.01. The molecule has 0 amide bonds. The van der Waals surface area contributed by atoms with Crippen molar-refractivity contribution >= 4 is 11.7 Å². The summed E-state index contributed by atoms with van der Waals surface area (Å²) in [5.74, 6) is -0.458. The summed E-state index contributed by atoms with van der Waals surface area (Å²) in [6.07, 6.45) is 0.932. The summed E-state index contributed by atoms with van der Waals surface area (Å²) >= 11 is 0. The number of aromatic carboxylic acids is 1. The second-order valence-electron chi connectivity index (χ2n) is 5.65. The van der Waals surface area contributed by atoms with Gasteiger partial charge in [-0.05, 0) is 35.2 Å². The van der Waals surface area contributed by atoms with Crippen LogP contribution in [0.5, 0.6) is 5.75 Å². The Hall–Kier alpha value is -2.89. The molecule has 0 aromatic heterocycles. The monoisotopic (exact) mass is 329 g/mol. The molecule has 6 heteroatoms. The molecule has 2 aromatic rings. The summed E-state index contributed by atoms with van der Waals surface area (Å²) in [6.45, 7) is 4.47. The molecular weight excluding hydrogens is 310 g/mol. The van der Waals surface area contributed by atoms with Crippen LogP contribution in [0.1, 0.15) is 30.6 Å². The van der Waals surface area contributed by atoms with Gasteiger partial charge in [-0.1, -0.05) is 38.5 Å². The van der Waals surface area contributed by atoms with Crippen molar-refractivity contribution in [3.63, 3.8) is 0 Å². The van der Waals surface area contributed by atoms with Crippen LogP contribution in [-0.4, -0.2) is 22.6 Å². The first-order valence-corrected chi connectivity index (χ1v) is 7.67. The highest BCUT2D eigenvalue weighted by atomic mass is 16.6. The molecule has 0 bridgehead atoms. The van der Waals surface area contributed by atoms with Gasteiger partial charge in [0.2, 0.25) is 0 Å². The van der Waals surface area contributed by atoms with E-state index >= 15 is 0 Å². The Balaban J connectivity index is 2.30. The first kappa shape index (κ1) is 17.5. The summed E-state index contributed by atoms with van der Waals surface area (Å²) in [6, 6.07) is 11.0. The van der Waals surface area contributed by atoms with E-state index in [4.69, 9.17) is 9.84 Å². The maximum absolute atomic E-state index is 11.3. The number of carbonyl (C=O) groups is 1. The lowest BCUT2D eigenvalue weighted by atomic mass is 10.0. The number of ether oxygens (including phenoxy) is 1. The van der Waals surface area contributed by atoms with Crippen molar-refractivity contribution in [1.82, 2.24) is 0 Å². The number of hydrogen-bond acceptors (Lipinski definition) is 4. The number of benzene rings is 2. The van der Waals surface area contributed by atoms with E-state index in [1.807, 2.05) is 13.8 Å². The number of nitro benzene ring substituents is 1. The van der Waals surface area contributed by atoms with E-state index in [0.29, 0.717) is 23.7 Å². The number of rotatable bonds is 7. The molecule has 0 heterocycles. The molecule has 0 spiro atoms. The molecule has 0 fully saturated rings. The van der Waals surface area contributed by atoms with Crippen LogP contribution in [0.2, 0.25) is 0 Å². The summed E-state index contributed by atoms with van der Waals surface area (Å²) < 4.78 is 5.57. The molecular formula is C18H19NO5. The SMILES string of the molecule is CC[C@H](C)COc1ccc(-c2ccc(C(=O)O)cc2)cc1[N+](=O)[O-]. The van der Waals surface area contributed by atoms with Crippen molar-refractivity contribution in [2.45, 2.75) is 20.3 Å². The molecule has 1 N–H and O–H groups in total. The molecule has 1 atom stereocenters. The molecule has 0 radical (unpaired) electrons. The Morgan fingerprint density at radius 3 is 2.38 bits per heavy atom. The van der Waals surface area contributed by atoms with Crippen molar-refractivity contribution in [2.24, 2.45) is 5.92 Å². The fraction of sp³-hybridized carbons (Fsp3) is 0.278. The molecule has 126 valence electrons. The predicted octanol–water partition coefficient (Wildman–Crippen LogP) is 4.38. The van der Waals surface area contributed by atoms with Gasteiger partial charge in [0.15, 0.2) is 5.75 Å². The van der Waals surface area contributed by atoms with Crippen LogP contribution >= 0.6 is 0 Å². The van der Waals surface area contributed by atoms with E-state index in [2.05, 4.69) is 0 Å². The van der Waals surface area contributed by atoms with Gasteiger partial charge in [0, 0.05) is 6.07 Å². The molecule has 2 aromatic carbocycles. The van der Waals surface area contributed by atoms with Gasteiger partial charge >= 0.3 is 11.7 Å². The largest absolute Gasteiger partial charge is 0.487 e. The fourth-order valence-electron chi connectivity index (χ4n) is 2.12. The first-order chi connectivity index (χ1) is 11.4. The van der Waals surface area contributed by atoms with Crippen molar-refractivity contribution in [3.05, 3.63) is 58.1 Å². The van der Waals surface area contributed by atoms with Crippen molar-refractivity contribution in [2.75, 3.05) is 6.61 Å². The third-order valence-electron chi connectivity index (χ3n) is 3.84. The number of nitro groups is 1. The molecule has 0 saturated heterocycles. The number of nitrogens with zero attached hydrogens (tertiary/aromatic N) is 1. The topological polar surface area (TPSA) is 89.7 Å². The summed E-state index contributed by atoms with van der Waals surface area (Å²) in [5.41, 5.74) is 1.41. The van der Waals surface area contributed by atoms with Gasteiger partial charge in [-0.2, -0.15) is 0 Å². The van der Waals surface area contributed by atoms with Gasteiger partial charge in [0.05, 0.1) is 17.1 Å². The molecule has 0 saturated carbocycles. The molecule has 0 aliphatic rings. The Labute approximate surface area is 139 Å². The van der Waals surface area contributed by atoms with E-state index < -0.39 is 10.9 Å². The zero-order valence-electron chi connectivity index (χ0n) is 13.6. The Kier molecular flexibility index (Phi) is 5.52. The molecule has 6 nitrogen and oxygen atoms in total. The van der Waals surface area contributed by atoms with E-state index in [1.54, 1.807) is 24.3 Å². The van der Waals surface area contributed by atoms with Gasteiger partial charge in [-0.3, -0.25) is 10.1 Å². The van der Waals surface area contributed by atoms with Gasteiger partial charge in [0.1, 0.15) is 0 Å². The fourth-order valence-corrected chi connectivity index (χ4v) is 2.12. The average molecular weight is 329 g/mol. The van der Waals surface area contributed by atoms with Crippen molar-refractivity contribution < 1.29 is 19.6 Å². The lowest BCUT2D eigenvalue weighted by Gasteiger charge is -2.12. The first-order valence-electron chi connectivity index (χ1n) is 7.67.